The van der Waals surface area contributed by atoms with Crippen LogP contribution in [0.4, 0.5) is 0 Å². The van der Waals surface area contributed by atoms with Crippen LogP contribution in [-0.2, 0) is 4.79 Å². The number of carbonyl (C=O) groups is 1. The van der Waals surface area contributed by atoms with Crippen LogP contribution >= 0.6 is 0 Å². The third-order valence-corrected chi connectivity index (χ3v) is 8.84. The van der Waals surface area contributed by atoms with Gasteiger partial charge in [0.25, 0.3) is 0 Å². The van der Waals surface area contributed by atoms with Crippen molar-refractivity contribution in [2.24, 2.45) is 17.3 Å². The fourth-order valence-corrected chi connectivity index (χ4v) is 8.14. The standard InChI is InChI=1S/C16H18O2Se/c1-15-8-7-10-9-12(13(15)17)14(16(10,15)18)19-11-5-3-2-4-6-11/h2-6,10,12,14,18H,7-9H2,1H3. The third kappa shape index (κ3) is 1.29. The van der Waals surface area contributed by atoms with E-state index in [1.807, 2.05) is 13.0 Å². The summed E-state index contributed by atoms with van der Waals surface area (Å²) in [7, 11) is 0. The zero-order valence-corrected chi connectivity index (χ0v) is 12.7. The number of aliphatic hydroxyl groups is 1. The minimum absolute atomic E-state index is 0.128. The average molecular weight is 321 g/mol. The summed E-state index contributed by atoms with van der Waals surface area (Å²) >= 11 is 0.202. The molecule has 3 aliphatic carbocycles. The third-order valence-electron chi connectivity index (χ3n) is 5.72. The number of fused-ring (bicyclic) bond motifs is 1. The van der Waals surface area contributed by atoms with E-state index >= 15 is 0 Å². The van der Waals surface area contributed by atoms with Gasteiger partial charge in [-0.25, -0.2) is 0 Å². The monoisotopic (exact) mass is 322 g/mol. The van der Waals surface area contributed by atoms with Gasteiger partial charge in [-0.2, -0.15) is 0 Å². The number of hydrogen-bond donors (Lipinski definition) is 1. The summed E-state index contributed by atoms with van der Waals surface area (Å²) in [4.78, 5) is 12.8. The molecule has 0 spiro atoms. The number of rotatable bonds is 2. The first kappa shape index (κ1) is 12.1. The van der Waals surface area contributed by atoms with Crippen molar-refractivity contribution in [1.29, 1.82) is 0 Å². The van der Waals surface area contributed by atoms with Gasteiger partial charge in [0.2, 0.25) is 0 Å². The Bertz CT molecular complexity index is 543. The van der Waals surface area contributed by atoms with Crippen molar-refractivity contribution in [3.05, 3.63) is 30.3 Å². The van der Waals surface area contributed by atoms with Crippen molar-refractivity contribution in [2.75, 3.05) is 0 Å². The van der Waals surface area contributed by atoms with E-state index in [1.165, 1.54) is 4.46 Å². The summed E-state index contributed by atoms with van der Waals surface area (Å²) in [6, 6.07) is 10.4. The molecule has 19 heavy (non-hydrogen) atoms. The molecule has 0 heterocycles. The van der Waals surface area contributed by atoms with E-state index in [0.29, 0.717) is 11.7 Å². The predicted molar refractivity (Wildman–Crippen MR) is 74.5 cm³/mol. The van der Waals surface area contributed by atoms with Gasteiger partial charge >= 0.3 is 119 Å². The molecule has 4 rings (SSSR count). The molecular weight excluding hydrogens is 303 g/mol. The normalized spacial score (nSPS) is 47.1. The molecule has 0 aliphatic heterocycles. The molecule has 0 aromatic heterocycles. The molecule has 1 aromatic rings. The average Bonchev–Trinajstić information content (AvgIpc) is 2.84. The molecule has 1 aromatic carbocycles. The first-order chi connectivity index (χ1) is 9.07. The number of benzene rings is 1. The molecule has 100 valence electrons. The molecule has 2 nitrogen and oxygen atoms in total. The molecule has 5 atom stereocenters. The van der Waals surface area contributed by atoms with Gasteiger partial charge in [0.15, 0.2) is 0 Å². The number of carbonyl (C=O) groups excluding carboxylic acids is 1. The SMILES string of the molecule is CC12CCC3CC(C1=O)C([Se]c1ccccc1)C32O. The van der Waals surface area contributed by atoms with E-state index in [2.05, 4.69) is 24.3 Å². The number of hydrogen-bond acceptors (Lipinski definition) is 2. The van der Waals surface area contributed by atoms with Crippen LogP contribution in [0.5, 0.6) is 0 Å². The van der Waals surface area contributed by atoms with E-state index in [4.69, 9.17) is 0 Å². The Morgan fingerprint density at radius 2 is 2.05 bits per heavy atom. The summed E-state index contributed by atoms with van der Waals surface area (Å²) in [6.45, 7) is 2.02. The van der Waals surface area contributed by atoms with E-state index in [-0.39, 0.29) is 25.7 Å². The molecule has 3 saturated carbocycles. The van der Waals surface area contributed by atoms with Crippen LogP contribution in [0.3, 0.4) is 0 Å². The maximum absolute atomic E-state index is 12.6. The second-order valence-corrected chi connectivity index (χ2v) is 9.00. The van der Waals surface area contributed by atoms with E-state index in [9.17, 15) is 9.90 Å². The molecule has 0 radical (unpaired) electrons. The Labute approximate surface area is 119 Å². The second kappa shape index (κ2) is 3.72. The quantitative estimate of drug-likeness (QED) is 0.840. The van der Waals surface area contributed by atoms with E-state index in [0.717, 1.165) is 19.3 Å². The van der Waals surface area contributed by atoms with Crippen molar-refractivity contribution >= 4 is 25.2 Å². The summed E-state index contributed by atoms with van der Waals surface area (Å²) in [5.41, 5.74) is -1.15. The van der Waals surface area contributed by atoms with Crippen LogP contribution in [0.25, 0.3) is 0 Å². The number of Topliss-reactive ketones (excluding diaryl/α,β-unsaturated/α-hetero) is 1. The molecule has 1 N–H and O–H groups in total. The van der Waals surface area contributed by atoms with Gasteiger partial charge < -0.3 is 0 Å². The summed E-state index contributed by atoms with van der Waals surface area (Å²) in [5, 5.41) is 11.3. The first-order valence-electron chi connectivity index (χ1n) is 7.06. The van der Waals surface area contributed by atoms with E-state index < -0.39 is 11.0 Å². The minimum atomic E-state index is -0.704. The Morgan fingerprint density at radius 3 is 2.79 bits per heavy atom. The van der Waals surface area contributed by atoms with Crippen molar-refractivity contribution in [2.45, 2.75) is 36.6 Å². The Balaban J connectivity index is 1.74. The van der Waals surface area contributed by atoms with Crippen LogP contribution in [0.2, 0.25) is 4.82 Å². The zero-order chi connectivity index (χ0) is 13.3. The van der Waals surface area contributed by atoms with Crippen molar-refractivity contribution in [3.8, 4) is 0 Å². The summed E-state index contributed by atoms with van der Waals surface area (Å²) < 4.78 is 1.31. The van der Waals surface area contributed by atoms with Crippen LogP contribution in [0.1, 0.15) is 26.2 Å². The molecular formula is C16H18O2Se. The van der Waals surface area contributed by atoms with Crippen LogP contribution < -0.4 is 4.46 Å². The molecule has 0 saturated heterocycles. The van der Waals surface area contributed by atoms with Gasteiger partial charge in [0.1, 0.15) is 0 Å². The van der Waals surface area contributed by atoms with Crippen LogP contribution in [-0.4, -0.2) is 31.4 Å². The fourth-order valence-electron chi connectivity index (χ4n) is 4.71. The molecule has 2 bridgehead atoms. The zero-order valence-electron chi connectivity index (χ0n) is 11.0. The molecule has 0 amide bonds. The molecule has 5 unspecified atom stereocenters. The molecule has 3 heteroatoms. The Hall–Kier alpha value is -0.631. The van der Waals surface area contributed by atoms with Crippen molar-refractivity contribution < 1.29 is 9.90 Å². The Morgan fingerprint density at radius 1 is 1.32 bits per heavy atom. The molecule has 3 aliphatic rings. The number of ketones is 1. The van der Waals surface area contributed by atoms with Crippen molar-refractivity contribution in [1.82, 2.24) is 0 Å². The summed E-state index contributed by atoms with van der Waals surface area (Å²) in [6.07, 6.45) is 2.87. The fraction of sp³-hybridized carbons (Fsp3) is 0.562. The van der Waals surface area contributed by atoms with Crippen molar-refractivity contribution in [3.63, 3.8) is 0 Å². The van der Waals surface area contributed by atoms with Gasteiger partial charge in [-0.15, -0.1) is 0 Å². The van der Waals surface area contributed by atoms with Gasteiger partial charge in [-0.05, 0) is 0 Å². The van der Waals surface area contributed by atoms with Gasteiger partial charge in [-0.1, -0.05) is 0 Å². The van der Waals surface area contributed by atoms with E-state index in [1.54, 1.807) is 0 Å². The second-order valence-electron chi connectivity index (χ2n) is 6.45. The predicted octanol–water partition coefficient (Wildman–Crippen LogP) is 1.55. The topological polar surface area (TPSA) is 37.3 Å². The maximum atomic E-state index is 12.6. The van der Waals surface area contributed by atoms with Gasteiger partial charge in [0.05, 0.1) is 0 Å². The summed E-state index contributed by atoms with van der Waals surface area (Å²) in [5.74, 6) is 0.852. The van der Waals surface area contributed by atoms with Gasteiger partial charge in [0, 0.05) is 0 Å². The van der Waals surface area contributed by atoms with Crippen LogP contribution in [0, 0.1) is 17.3 Å². The van der Waals surface area contributed by atoms with Crippen LogP contribution in [0.15, 0.2) is 30.3 Å². The van der Waals surface area contributed by atoms with Gasteiger partial charge in [-0.3, -0.25) is 0 Å². The Kier molecular flexibility index (Phi) is 2.38. The first-order valence-corrected chi connectivity index (χ1v) is 8.90. The molecule has 3 fully saturated rings.